The Labute approximate surface area is 203 Å². The van der Waals surface area contributed by atoms with Crippen LogP contribution in [0.2, 0.25) is 0 Å². The molecule has 1 amide bonds. The highest BCUT2D eigenvalue weighted by Gasteiger charge is 2.36. The summed E-state index contributed by atoms with van der Waals surface area (Å²) in [4.78, 5) is 26.1. The lowest BCUT2D eigenvalue weighted by atomic mass is 9.87. The molecule has 1 aromatic carbocycles. The van der Waals surface area contributed by atoms with E-state index in [1.165, 1.54) is 29.2 Å². The number of nitrogens with one attached hydrogen (secondary N) is 2. The van der Waals surface area contributed by atoms with Crippen molar-refractivity contribution < 1.29 is 14.3 Å². The van der Waals surface area contributed by atoms with Gasteiger partial charge in [-0.1, -0.05) is 46.4 Å². The number of halogens is 1. The number of carbonyl (C=O) groups is 2. The van der Waals surface area contributed by atoms with E-state index in [9.17, 15) is 14.9 Å². The molecule has 1 aliphatic rings. The van der Waals surface area contributed by atoms with Crippen LogP contribution >= 0.6 is 39.0 Å². The fourth-order valence-corrected chi connectivity index (χ4v) is 5.12. The summed E-state index contributed by atoms with van der Waals surface area (Å²) in [5.74, 6) is -1.16. The highest BCUT2D eigenvalue weighted by atomic mass is 79.9. The SMILES string of the molecule is C=CCOC(=O)C1=C(C)NC(SCC(=O)Nc2ccc(Br)cc2)=C(C#N)C1c1cccs1. The Balaban J connectivity index is 1.83. The Kier molecular flexibility index (Phi) is 8.33. The van der Waals surface area contributed by atoms with Crippen LogP contribution in [0.3, 0.4) is 0 Å². The topological polar surface area (TPSA) is 91.2 Å². The van der Waals surface area contributed by atoms with E-state index in [0.717, 1.165) is 9.35 Å². The first kappa shape index (κ1) is 23.9. The first-order valence-corrected chi connectivity index (χ1v) is 12.2. The van der Waals surface area contributed by atoms with Crippen LogP contribution in [0.25, 0.3) is 0 Å². The second-order valence-corrected chi connectivity index (χ2v) is 9.58. The van der Waals surface area contributed by atoms with Gasteiger partial charge in [-0.25, -0.2) is 4.79 Å². The third-order valence-electron chi connectivity index (χ3n) is 4.50. The van der Waals surface area contributed by atoms with Crippen molar-refractivity contribution >= 4 is 56.6 Å². The maximum absolute atomic E-state index is 12.8. The van der Waals surface area contributed by atoms with Crippen molar-refractivity contribution in [1.82, 2.24) is 5.32 Å². The summed E-state index contributed by atoms with van der Waals surface area (Å²) in [5, 5.41) is 18.4. The van der Waals surface area contributed by atoms with Gasteiger partial charge in [-0.05, 0) is 42.6 Å². The summed E-state index contributed by atoms with van der Waals surface area (Å²) < 4.78 is 6.19. The number of anilines is 1. The van der Waals surface area contributed by atoms with E-state index in [1.807, 2.05) is 29.6 Å². The minimum atomic E-state index is -0.560. The molecule has 3 rings (SSSR count). The minimum Gasteiger partial charge on any atom is -0.458 e. The van der Waals surface area contributed by atoms with Crippen molar-refractivity contribution in [3.05, 3.63) is 85.7 Å². The van der Waals surface area contributed by atoms with Crippen LogP contribution < -0.4 is 10.6 Å². The monoisotopic (exact) mass is 529 g/mol. The Morgan fingerprint density at radius 2 is 2.12 bits per heavy atom. The predicted molar refractivity (Wildman–Crippen MR) is 132 cm³/mol. The third kappa shape index (κ3) is 5.71. The molecule has 1 unspecified atom stereocenters. The van der Waals surface area contributed by atoms with E-state index < -0.39 is 11.9 Å². The van der Waals surface area contributed by atoms with Crippen molar-refractivity contribution in [3.8, 4) is 6.07 Å². The largest absolute Gasteiger partial charge is 0.458 e. The van der Waals surface area contributed by atoms with Crippen LogP contribution in [0.15, 0.2) is 80.8 Å². The van der Waals surface area contributed by atoms with Crippen LogP contribution in [-0.2, 0) is 14.3 Å². The quantitative estimate of drug-likeness (QED) is 0.355. The number of hydrogen-bond acceptors (Lipinski definition) is 7. The molecule has 164 valence electrons. The van der Waals surface area contributed by atoms with E-state index in [4.69, 9.17) is 4.74 Å². The zero-order chi connectivity index (χ0) is 23.1. The molecule has 6 nitrogen and oxygen atoms in total. The van der Waals surface area contributed by atoms with E-state index in [-0.39, 0.29) is 18.3 Å². The molecule has 1 atom stereocenters. The number of benzene rings is 1. The molecule has 2 N–H and O–H groups in total. The summed E-state index contributed by atoms with van der Waals surface area (Å²) >= 11 is 6.04. The number of rotatable bonds is 8. The van der Waals surface area contributed by atoms with Gasteiger partial charge in [0.15, 0.2) is 0 Å². The van der Waals surface area contributed by atoms with Gasteiger partial charge in [0, 0.05) is 20.7 Å². The lowest BCUT2D eigenvalue weighted by Gasteiger charge is -2.28. The average molecular weight is 530 g/mol. The molecule has 0 spiro atoms. The molecule has 0 radical (unpaired) electrons. The number of ether oxygens (including phenoxy) is 1. The van der Waals surface area contributed by atoms with E-state index in [2.05, 4.69) is 39.2 Å². The van der Waals surface area contributed by atoms with Gasteiger partial charge in [-0.3, -0.25) is 4.79 Å². The number of carbonyl (C=O) groups excluding carboxylic acids is 2. The molecule has 0 aliphatic carbocycles. The molecule has 0 saturated carbocycles. The average Bonchev–Trinajstić information content (AvgIpc) is 3.31. The minimum absolute atomic E-state index is 0.0796. The van der Waals surface area contributed by atoms with Crippen LogP contribution in [0, 0.1) is 11.3 Å². The smallest absolute Gasteiger partial charge is 0.337 e. The summed E-state index contributed by atoms with van der Waals surface area (Å²) in [6.45, 7) is 5.42. The van der Waals surface area contributed by atoms with Gasteiger partial charge < -0.3 is 15.4 Å². The number of thiophene rings is 1. The molecule has 32 heavy (non-hydrogen) atoms. The standard InChI is InChI=1S/C23H20BrN3O3S2/c1-3-10-30-23(29)20-14(2)26-22(17(12-25)21(20)18-5-4-11-31-18)32-13-19(28)27-16-8-6-15(24)7-9-16/h3-9,11,21,26H,1,10,13H2,2H3,(H,27,28). The summed E-state index contributed by atoms with van der Waals surface area (Å²) in [6, 6.07) is 13.3. The van der Waals surface area contributed by atoms with Gasteiger partial charge in [0.05, 0.1) is 33.9 Å². The molecule has 2 aromatic rings. The van der Waals surface area contributed by atoms with E-state index >= 15 is 0 Å². The Hall–Kier alpha value is -2.80. The molecular formula is C23H20BrN3O3S2. The molecule has 0 saturated heterocycles. The Morgan fingerprint density at radius 3 is 2.75 bits per heavy atom. The Bertz CT molecular complexity index is 1120. The molecule has 1 aromatic heterocycles. The van der Waals surface area contributed by atoms with Crippen molar-refractivity contribution in [2.45, 2.75) is 12.8 Å². The number of nitriles is 1. The number of esters is 1. The van der Waals surface area contributed by atoms with Gasteiger partial charge in [-0.15, -0.1) is 11.3 Å². The van der Waals surface area contributed by atoms with Gasteiger partial charge >= 0.3 is 5.97 Å². The van der Waals surface area contributed by atoms with Gasteiger partial charge in [0.1, 0.15) is 6.61 Å². The number of nitrogens with zero attached hydrogens (tertiary/aromatic N) is 1. The maximum Gasteiger partial charge on any atom is 0.337 e. The summed E-state index contributed by atoms with van der Waals surface area (Å²) in [5.41, 5.74) is 2.04. The van der Waals surface area contributed by atoms with Crippen molar-refractivity contribution in [2.24, 2.45) is 0 Å². The molecule has 0 bridgehead atoms. The molecule has 9 heteroatoms. The van der Waals surface area contributed by atoms with Gasteiger partial charge in [0.25, 0.3) is 0 Å². The number of dihydropyridines is 1. The van der Waals surface area contributed by atoms with E-state index in [0.29, 0.717) is 27.6 Å². The lowest BCUT2D eigenvalue weighted by Crippen LogP contribution is -2.29. The molecule has 2 heterocycles. The zero-order valence-corrected chi connectivity index (χ0v) is 20.4. The van der Waals surface area contributed by atoms with Gasteiger partial charge in [-0.2, -0.15) is 5.26 Å². The summed E-state index contributed by atoms with van der Waals surface area (Å²) in [6.07, 6.45) is 1.50. The third-order valence-corrected chi connectivity index (χ3v) is 6.99. The first-order chi connectivity index (χ1) is 15.4. The van der Waals surface area contributed by atoms with Crippen molar-refractivity contribution in [3.63, 3.8) is 0 Å². The summed E-state index contributed by atoms with van der Waals surface area (Å²) in [7, 11) is 0. The number of thioether (sulfide) groups is 1. The fourth-order valence-electron chi connectivity index (χ4n) is 3.12. The number of allylic oxidation sites excluding steroid dienone is 2. The highest BCUT2D eigenvalue weighted by Crippen LogP contribution is 2.42. The molecule has 0 fully saturated rings. The van der Waals surface area contributed by atoms with Crippen LogP contribution in [0.1, 0.15) is 17.7 Å². The normalized spacial score (nSPS) is 15.6. The fraction of sp³-hybridized carbons (Fsp3) is 0.174. The van der Waals surface area contributed by atoms with Crippen molar-refractivity contribution in [2.75, 3.05) is 17.7 Å². The van der Waals surface area contributed by atoms with Crippen LogP contribution in [0.4, 0.5) is 5.69 Å². The maximum atomic E-state index is 12.8. The van der Waals surface area contributed by atoms with Crippen molar-refractivity contribution in [1.29, 1.82) is 5.26 Å². The van der Waals surface area contributed by atoms with E-state index in [1.54, 1.807) is 19.1 Å². The second kappa shape index (κ2) is 11.2. The Morgan fingerprint density at radius 1 is 1.38 bits per heavy atom. The molecule has 1 aliphatic heterocycles. The highest BCUT2D eigenvalue weighted by molar-refractivity contribution is 9.10. The first-order valence-electron chi connectivity index (χ1n) is 9.56. The lowest BCUT2D eigenvalue weighted by molar-refractivity contribution is -0.138. The van der Waals surface area contributed by atoms with Gasteiger partial charge in [0.2, 0.25) is 5.91 Å². The van der Waals surface area contributed by atoms with Crippen LogP contribution in [0.5, 0.6) is 0 Å². The molecular weight excluding hydrogens is 510 g/mol. The number of amides is 1. The van der Waals surface area contributed by atoms with Crippen LogP contribution in [-0.4, -0.2) is 24.2 Å². The zero-order valence-electron chi connectivity index (χ0n) is 17.2. The predicted octanol–water partition coefficient (Wildman–Crippen LogP) is 5.31. The number of hydrogen-bond donors (Lipinski definition) is 2. The second-order valence-electron chi connectivity index (χ2n) is 6.70.